The quantitative estimate of drug-likeness (QED) is 0.720. The first-order chi connectivity index (χ1) is 14.1. The molecule has 0 saturated carbocycles. The number of nitrogens with zero attached hydrogens (tertiary/aromatic N) is 3. The molecule has 1 N–H and O–H groups in total. The van der Waals surface area contributed by atoms with E-state index in [1.54, 1.807) is 4.90 Å². The highest BCUT2D eigenvalue weighted by Gasteiger charge is 2.21. The summed E-state index contributed by atoms with van der Waals surface area (Å²) in [6, 6.07) is 5.66. The van der Waals surface area contributed by atoms with E-state index in [1.807, 2.05) is 4.90 Å². The molecule has 3 rings (SSSR count). The summed E-state index contributed by atoms with van der Waals surface area (Å²) >= 11 is 0. The summed E-state index contributed by atoms with van der Waals surface area (Å²) in [5.41, 5.74) is 0.471. The Morgan fingerprint density at radius 3 is 2.34 bits per heavy atom. The summed E-state index contributed by atoms with van der Waals surface area (Å²) in [6.45, 7) is 7.33. The van der Waals surface area contributed by atoms with Gasteiger partial charge in [-0.2, -0.15) is 0 Å². The largest absolute Gasteiger partial charge is 0.340 e. The standard InChI is InChI=1S/C22H33FN4O2/c23-20-7-5-19(6-8-20)22(29)27(15-4-14-25-12-2-1-3-13-25)16-9-21(28)26-17-10-24-11-18-26/h5-8,24H,1-4,9-18H2. The summed E-state index contributed by atoms with van der Waals surface area (Å²) in [6.07, 6.45) is 5.01. The van der Waals surface area contributed by atoms with E-state index in [0.717, 1.165) is 52.2 Å². The lowest BCUT2D eigenvalue weighted by molar-refractivity contribution is -0.131. The van der Waals surface area contributed by atoms with Crippen LogP contribution in [0.3, 0.4) is 0 Å². The number of likely N-dealkylation sites (tertiary alicyclic amines) is 1. The maximum atomic E-state index is 13.2. The molecule has 7 heteroatoms. The lowest BCUT2D eigenvalue weighted by Gasteiger charge is -2.30. The predicted octanol–water partition coefficient (Wildman–Crippen LogP) is 1.97. The number of amides is 2. The molecule has 0 bridgehead atoms. The second-order valence-corrected chi connectivity index (χ2v) is 7.94. The first-order valence-corrected chi connectivity index (χ1v) is 10.9. The lowest BCUT2D eigenvalue weighted by Crippen LogP contribution is -2.47. The number of carbonyl (C=O) groups excluding carboxylic acids is 2. The Morgan fingerprint density at radius 2 is 1.66 bits per heavy atom. The molecule has 0 unspecified atom stereocenters. The minimum atomic E-state index is -0.355. The summed E-state index contributed by atoms with van der Waals surface area (Å²) < 4.78 is 13.2. The van der Waals surface area contributed by atoms with Crippen molar-refractivity contribution < 1.29 is 14.0 Å². The molecule has 2 aliphatic heterocycles. The van der Waals surface area contributed by atoms with E-state index in [4.69, 9.17) is 0 Å². The summed E-state index contributed by atoms with van der Waals surface area (Å²) in [5.74, 6) is -0.386. The van der Waals surface area contributed by atoms with Crippen LogP contribution in [-0.4, -0.2) is 85.4 Å². The van der Waals surface area contributed by atoms with Crippen LogP contribution in [0.2, 0.25) is 0 Å². The van der Waals surface area contributed by atoms with Gasteiger partial charge in [0.1, 0.15) is 5.82 Å². The van der Waals surface area contributed by atoms with Crippen LogP contribution in [0.4, 0.5) is 4.39 Å². The smallest absolute Gasteiger partial charge is 0.253 e. The SMILES string of the molecule is O=C(CCN(CCCN1CCCCC1)C(=O)c1ccc(F)cc1)N1CCNCC1. The Balaban J connectivity index is 1.56. The number of carbonyl (C=O) groups is 2. The fourth-order valence-electron chi connectivity index (χ4n) is 4.06. The van der Waals surface area contributed by atoms with Gasteiger partial charge in [-0.15, -0.1) is 0 Å². The molecule has 160 valence electrons. The fourth-order valence-corrected chi connectivity index (χ4v) is 4.06. The van der Waals surface area contributed by atoms with Crippen molar-refractivity contribution in [3.63, 3.8) is 0 Å². The predicted molar refractivity (Wildman–Crippen MR) is 111 cm³/mol. The topological polar surface area (TPSA) is 55.9 Å². The van der Waals surface area contributed by atoms with Gasteiger partial charge in [-0.1, -0.05) is 6.42 Å². The van der Waals surface area contributed by atoms with Crippen molar-refractivity contribution in [1.29, 1.82) is 0 Å². The molecule has 6 nitrogen and oxygen atoms in total. The van der Waals surface area contributed by atoms with Gasteiger partial charge in [-0.05, 0) is 63.2 Å². The third-order valence-corrected chi connectivity index (χ3v) is 5.79. The van der Waals surface area contributed by atoms with E-state index in [0.29, 0.717) is 25.1 Å². The van der Waals surface area contributed by atoms with E-state index in [-0.39, 0.29) is 17.6 Å². The first kappa shape index (κ1) is 21.7. The number of benzene rings is 1. The van der Waals surface area contributed by atoms with Crippen molar-refractivity contribution in [1.82, 2.24) is 20.0 Å². The molecular weight excluding hydrogens is 371 g/mol. The molecule has 0 radical (unpaired) electrons. The Labute approximate surface area is 173 Å². The van der Waals surface area contributed by atoms with E-state index < -0.39 is 0 Å². The molecule has 1 aromatic rings. The monoisotopic (exact) mass is 404 g/mol. The fraction of sp³-hybridized carbons (Fsp3) is 0.636. The highest BCUT2D eigenvalue weighted by molar-refractivity contribution is 5.94. The van der Waals surface area contributed by atoms with Crippen LogP contribution >= 0.6 is 0 Å². The van der Waals surface area contributed by atoms with Crippen LogP contribution in [-0.2, 0) is 4.79 Å². The van der Waals surface area contributed by atoms with E-state index in [9.17, 15) is 14.0 Å². The van der Waals surface area contributed by atoms with Gasteiger partial charge in [0, 0.05) is 51.3 Å². The first-order valence-electron chi connectivity index (χ1n) is 10.9. The normalized spacial score (nSPS) is 17.9. The molecule has 2 amide bonds. The number of rotatable bonds is 8. The second kappa shape index (κ2) is 11.3. The van der Waals surface area contributed by atoms with Crippen LogP contribution in [0.15, 0.2) is 24.3 Å². The van der Waals surface area contributed by atoms with Crippen molar-refractivity contribution in [3.8, 4) is 0 Å². The zero-order valence-corrected chi connectivity index (χ0v) is 17.2. The molecule has 2 fully saturated rings. The lowest BCUT2D eigenvalue weighted by atomic mass is 10.1. The Kier molecular flexibility index (Phi) is 8.43. The number of piperidine rings is 1. The van der Waals surface area contributed by atoms with Crippen molar-refractivity contribution in [3.05, 3.63) is 35.6 Å². The van der Waals surface area contributed by atoms with Gasteiger partial charge in [0.25, 0.3) is 5.91 Å². The van der Waals surface area contributed by atoms with Crippen LogP contribution in [0, 0.1) is 5.82 Å². The molecule has 0 aliphatic carbocycles. The molecule has 0 atom stereocenters. The molecule has 2 heterocycles. The van der Waals surface area contributed by atoms with Crippen LogP contribution in [0.25, 0.3) is 0 Å². The van der Waals surface area contributed by atoms with Crippen LogP contribution in [0.5, 0.6) is 0 Å². The zero-order chi connectivity index (χ0) is 20.5. The maximum absolute atomic E-state index is 13.2. The Hall–Kier alpha value is -1.99. The number of hydrogen-bond acceptors (Lipinski definition) is 4. The molecular formula is C22H33FN4O2. The van der Waals surface area contributed by atoms with E-state index in [2.05, 4.69) is 10.2 Å². The zero-order valence-electron chi connectivity index (χ0n) is 17.2. The average Bonchev–Trinajstić information content (AvgIpc) is 2.77. The van der Waals surface area contributed by atoms with Crippen molar-refractivity contribution in [2.24, 2.45) is 0 Å². The molecule has 29 heavy (non-hydrogen) atoms. The molecule has 2 aliphatic rings. The van der Waals surface area contributed by atoms with E-state index in [1.165, 1.54) is 43.5 Å². The maximum Gasteiger partial charge on any atom is 0.253 e. The summed E-state index contributed by atoms with van der Waals surface area (Å²) in [5, 5.41) is 3.24. The van der Waals surface area contributed by atoms with Gasteiger partial charge in [0.15, 0.2) is 0 Å². The third-order valence-electron chi connectivity index (χ3n) is 5.79. The van der Waals surface area contributed by atoms with Crippen molar-refractivity contribution >= 4 is 11.8 Å². The third kappa shape index (κ3) is 6.78. The molecule has 2 saturated heterocycles. The second-order valence-electron chi connectivity index (χ2n) is 7.94. The van der Waals surface area contributed by atoms with Crippen molar-refractivity contribution in [2.45, 2.75) is 32.1 Å². The molecule has 0 aromatic heterocycles. The summed E-state index contributed by atoms with van der Waals surface area (Å²) in [4.78, 5) is 31.6. The van der Waals surface area contributed by atoms with Gasteiger partial charge in [-0.25, -0.2) is 4.39 Å². The minimum absolute atomic E-state index is 0.0967. The Morgan fingerprint density at radius 1 is 0.966 bits per heavy atom. The van der Waals surface area contributed by atoms with E-state index >= 15 is 0 Å². The van der Waals surface area contributed by atoms with Gasteiger partial charge in [-0.3, -0.25) is 9.59 Å². The van der Waals surface area contributed by atoms with Crippen molar-refractivity contribution in [2.75, 3.05) is 58.9 Å². The summed E-state index contributed by atoms with van der Waals surface area (Å²) in [7, 11) is 0. The highest BCUT2D eigenvalue weighted by Crippen LogP contribution is 2.12. The van der Waals surface area contributed by atoms with Gasteiger partial charge in [0.2, 0.25) is 5.91 Å². The van der Waals surface area contributed by atoms with Gasteiger partial charge in [0.05, 0.1) is 0 Å². The van der Waals surface area contributed by atoms with Crippen LogP contribution in [0.1, 0.15) is 42.5 Å². The number of hydrogen-bond donors (Lipinski definition) is 1. The minimum Gasteiger partial charge on any atom is -0.340 e. The number of halogens is 1. The van der Waals surface area contributed by atoms with Gasteiger partial charge >= 0.3 is 0 Å². The number of nitrogens with one attached hydrogen (secondary N) is 1. The Bertz CT molecular complexity index is 655. The average molecular weight is 405 g/mol. The molecule has 1 aromatic carbocycles. The van der Waals surface area contributed by atoms with Gasteiger partial charge < -0.3 is 20.0 Å². The highest BCUT2D eigenvalue weighted by atomic mass is 19.1. The molecule has 0 spiro atoms. The van der Waals surface area contributed by atoms with Crippen LogP contribution < -0.4 is 5.32 Å². The number of piperazine rings is 1.